The van der Waals surface area contributed by atoms with E-state index in [-0.39, 0.29) is 12.5 Å². The van der Waals surface area contributed by atoms with Gasteiger partial charge in [-0.3, -0.25) is 4.79 Å². The number of hydrogen-bond acceptors (Lipinski definition) is 4. The molecule has 1 heterocycles. The SMILES string of the molecule is CC(C)c1ccc(OCCCCn2c(CCCCCNC(=O)COc3ccccc3)nc3ccccc32)cc1. The number of rotatable bonds is 16. The maximum atomic E-state index is 12.0. The molecular formula is C33H41N3O3. The van der Waals surface area contributed by atoms with Crippen molar-refractivity contribution in [3.8, 4) is 11.5 Å². The average molecular weight is 528 g/mol. The van der Waals surface area contributed by atoms with Gasteiger partial charge in [-0.2, -0.15) is 0 Å². The normalized spacial score (nSPS) is 11.2. The number of carbonyl (C=O) groups excluding carboxylic acids is 1. The maximum Gasteiger partial charge on any atom is 0.257 e. The summed E-state index contributed by atoms with van der Waals surface area (Å²) in [6.45, 7) is 6.76. The van der Waals surface area contributed by atoms with E-state index in [1.54, 1.807) is 0 Å². The average Bonchev–Trinajstić information content (AvgIpc) is 3.31. The molecular weight excluding hydrogens is 486 g/mol. The van der Waals surface area contributed by atoms with Crippen molar-refractivity contribution in [3.63, 3.8) is 0 Å². The first-order chi connectivity index (χ1) is 19.1. The van der Waals surface area contributed by atoms with Gasteiger partial charge in [-0.25, -0.2) is 4.98 Å². The van der Waals surface area contributed by atoms with Crippen LogP contribution in [-0.2, 0) is 17.8 Å². The third kappa shape index (κ3) is 8.88. The van der Waals surface area contributed by atoms with Gasteiger partial charge < -0.3 is 19.4 Å². The number of imidazole rings is 1. The van der Waals surface area contributed by atoms with E-state index in [1.165, 1.54) is 11.1 Å². The Hall–Kier alpha value is -3.80. The Labute approximate surface area is 232 Å². The van der Waals surface area contributed by atoms with Crippen LogP contribution < -0.4 is 14.8 Å². The van der Waals surface area contributed by atoms with Crippen molar-refractivity contribution in [2.24, 2.45) is 0 Å². The topological polar surface area (TPSA) is 65.4 Å². The van der Waals surface area contributed by atoms with Crippen molar-refractivity contribution in [2.45, 2.75) is 64.8 Å². The Morgan fingerprint density at radius 2 is 1.56 bits per heavy atom. The van der Waals surface area contributed by atoms with Crippen LogP contribution in [0.1, 0.15) is 63.3 Å². The summed E-state index contributed by atoms with van der Waals surface area (Å²) in [7, 11) is 0. The molecule has 206 valence electrons. The molecule has 0 atom stereocenters. The largest absolute Gasteiger partial charge is 0.494 e. The van der Waals surface area contributed by atoms with Crippen LogP contribution in [0.4, 0.5) is 0 Å². The molecule has 4 rings (SSSR count). The zero-order valence-electron chi connectivity index (χ0n) is 23.3. The van der Waals surface area contributed by atoms with Crippen molar-refractivity contribution in [2.75, 3.05) is 19.8 Å². The lowest BCUT2D eigenvalue weighted by atomic mass is 10.0. The summed E-state index contributed by atoms with van der Waals surface area (Å²) < 4.78 is 13.8. The van der Waals surface area contributed by atoms with Crippen LogP contribution in [0.25, 0.3) is 11.0 Å². The molecule has 1 N–H and O–H groups in total. The van der Waals surface area contributed by atoms with E-state index in [2.05, 4.69) is 66.2 Å². The molecule has 0 aliphatic heterocycles. The van der Waals surface area contributed by atoms with Crippen LogP contribution in [0.3, 0.4) is 0 Å². The first-order valence-corrected chi connectivity index (χ1v) is 14.2. The molecule has 1 aromatic heterocycles. The third-order valence-corrected chi connectivity index (χ3v) is 6.84. The summed E-state index contributed by atoms with van der Waals surface area (Å²) in [6, 6.07) is 26.2. The molecule has 0 saturated heterocycles. The van der Waals surface area contributed by atoms with Gasteiger partial charge >= 0.3 is 0 Å². The number of nitrogens with zero attached hydrogens (tertiary/aromatic N) is 2. The number of benzene rings is 3. The maximum absolute atomic E-state index is 12.0. The van der Waals surface area contributed by atoms with Gasteiger partial charge in [0.1, 0.15) is 17.3 Å². The quantitative estimate of drug-likeness (QED) is 0.161. The van der Waals surface area contributed by atoms with E-state index in [0.29, 0.717) is 24.8 Å². The van der Waals surface area contributed by atoms with E-state index < -0.39 is 0 Å². The van der Waals surface area contributed by atoms with E-state index >= 15 is 0 Å². The minimum Gasteiger partial charge on any atom is -0.494 e. The molecule has 4 aromatic rings. The van der Waals surface area contributed by atoms with E-state index in [1.807, 2.05) is 36.4 Å². The molecule has 0 spiro atoms. The predicted octanol–water partition coefficient (Wildman–Crippen LogP) is 6.93. The van der Waals surface area contributed by atoms with Crippen molar-refractivity contribution in [3.05, 3.63) is 90.3 Å². The molecule has 39 heavy (non-hydrogen) atoms. The zero-order chi connectivity index (χ0) is 27.3. The van der Waals surface area contributed by atoms with Gasteiger partial charge in [0.25, 0.3) is 5.91 Å². The van der Waals surface area contributed by atoms with Crippen molar-refractivity contribution >= 4 is 16.9 Å². The number of nitrogens with one attached hydrogen (secondary N) is 1. The minimum atomic E-state index is -0.0859. The summed E-state index contributed by atoms with van der Waals surface area (Å²) in [5.74, 6) is 3.23. The molecule has 3 aromatic carbocycles. The highest BCUT2D eigenvalue weighted by Gasteiger charge is 2.10. The summed E-state index contributed by atoms with van der Waals surface area (Å²) in [5.41, 5.74) is 3.59. The monoisotopic (exact) mass is 527 g/mol. The number of aromatic nitrogens is 2. The molecule has 0 fully saturated rings. The summed E-state index contributed by atoms with van der Waals surface area (Å²) in [6.07, 6.45) is 5.97. The van der Waals surface area contributed by atoms with Crippen molar-refractivity contribution in [1.29, 1.82) is 0 Å². The molecule has 0 unspecified atom stereocenters. The first kappa shape index (κ1) is 28.2. The second kappa shape index (κ2) is 15.0. The van der Waals surface area contributed by atoms with Crippen molar-refractivity contribution in [1.82, 2.24) is 14.9 Å². The number of para-hydroxylation sites is 3. The molecule has 0 aliphatic carbocycles. The highest BCUT2D eigenvalue weighted by Crippen LogP contribution is 2.20. The number of aryl methyl sites for hydroxylation is 2. The fourth-order valence-electron chi connectivity index (χ4n) is 4.61. The molecule has 6 nitrogen and oxygen atoms in total. The van der Waals surface area contributed by atoms with Crippen LogP contribution in [-0.4, -0.2) is 35.2 Å². The smallest absolute Gasteiger partial charge is 0.257 e. The number of ether oxygens (including phenoxy) is 2. The highest BCUT2D eigenvalue weighted by atomic mass is 16.5. The Kier molecular flexibility index (Phi) is 10.8. The number of fused-ring (bicyclic) bond motifs is 1. The number of amides is 1. The van der Waals surface area contributed by atoms with E-state index in [9.17, 15) is 4.79 Å². The van der Waals surface area contributed by atoms with Gasteiger partial charge in [-0.05, 0) is 73.6 Å². The molecule has 0 radical (unpaired) electrons. The Morgan fingerprint density at radius 1 is 0.821 bits per heavy atom. The fourth-order valence-corrected chi connectivity index (χ4v) is 4.61. The van der Waals surface area contributed by atoms with Gasteiger partial charge in [0.15, 0.2) is 6.61 Å². The van der Waals surface area contributed by atoms with Crippen molar-refractivity contribution < 1.29 is 14.3 Å². The van der Waals surface area contributed by atoms with Gasteiger partial charge in [0, 0.05) is 19.5 Å². The summed E-state index contributed by atoms with van der Waals surface area (Å²) >= 11 is 0. The third-order valence-electron chi connectivity index (χ3n) is 6.84. The second-order valence-corrected chi connectivity index (χ2v) is 10.2. The molecule has 0 saturated carbocycles. The summed E-state index contributed by atoms with van der Waals surface area (Å²) in [5, 5.41) is 2.95. The van der Waals surface area contributed by atoms with Crippen LogP contribution in [0.5, 0.6) is 11.5 Å². The van der Waals surface area contributed by atoms with Gasteiger partial charge in [0.2, 0.25) is 0 Å². The molecule has 0 aliphatic rings. The fraction of sp³-hybridized carbons (Fsp3) is 0.394. The summed E-state index contributed by atoms with van der Waals surface area (Å²) in [4.78, 5) is 16.9. The predicted molar refractivity (Wildman–Crippen MR) is 157 cm³/mol. The van der Waals surface area contributed by atoms with E-state index in [0.717, 1.165) is 62.2 Å². The number of hydrogen-bond donors (Lipinski definition) is 1. The molecule has 0 bridgehead atoms. The Balaban J connectivity index is 1.16. The Morgan fingerprint density at radius 3 is 2.36 bits per heavy atom. The van der Waals surface area contributed by atoms with Gasteiger partial charge in [-0.15, -0.1) is 0 Å². The number of unbranched alkanes of at least 4 members (excludes halogenated alkanes) is 3. The van der Waals surface area contributed by atoms with E-state index in [4.69, 9.17) is 14.5 Å². The zero-order valence-corrected chi connectivity index (χ0v) is 23.3. The lowest BCUT2D eigenvalue weighted by molar-refractivity contribution is -0.123. The van der Waals surface area contributed by atoms with Crippen LogP contribution >= 0.6 is 0 Å². The highest BCUT2D eigenvalue weighted by molar-refractivity contribution is 5.77. The second-order valence-electron chi connectivity index (χ2n) is 10.2. The van der Waals surface area contributed by atoms with Gasteiger partial charge in [-0.1, -0.05) is 62.7 Å². The van der Waals surface area contributed by atoms with Crippen LogP contribution in [0.15, 0.2) is 78.9 Å². The molecule has 6 heteroatoms. The minimum absolute atomic E-state index is 0.0451. The number of carbonyl (C=O) groups is 1. The van der Waals surface area contributed by atoms with Crippen LogP contribution in [0, 0.1) is 0 Å². The molecule has 1 amide bonds. The Bertz CT molecular complexity index is 1280. The lowest BCUT2D eigenvalue weighted by Crippen LogP contribution is -2.29. The first-order valence-electron chi connectivity index (χ1n) is 14.2. The van der Waals surface area contributed by atoms with Crippen LogP contribution in [0.2, 0.25) is 0 Å². The lowest BCUT2D eigenvalue weighted by Gasteiger charge is -2.11. The standard InChI is InChI=1S/C33H41N3O3/c1-26(2)27-18-20-29(21-19-27)38-24-12-11-23-36-31-16-9-8-15-30(31)35-32(36)17-7-4-10-22-34-33(37)25-39-28-13-5-3-6-14-28/h3,5-6,8-9,13-16,18-21,26H,4,7,10-12,17,22-25H2,1-2H3,(H,34,37). The van der Waals surface area contributed by atoms with Gasteiger partial charge in [0.05, 0.1) is 17.6 Å².